The standard InChI is InChI=1S/C20H23N3O2/c1-14-6-5-7-16(10-14)18-8-3-4-9-23(18)20(25)19(24)22-17-11-15(2)12-21-13-17/h5-7,10-13,18H,3-4,8-9H2,1-2H3,(H,22,24)/t18-/m0/s1. The lowest BCUT2D eigenvalue weighted by atomic mass is 9.94. The number of nitrogens with one attached hydrogen (secondary N) is 1. The van der Waals surface area contributed by atoms with Gasteiger partial charge in [-0.15, -0.1) is 0 Å². The van der Waals surface area contributed by atoms with Crippen LogP contribution in [0.15, 0.2) is 42.7 Å². The molecular formula is C20H23N3O2. The molecule has 2 heterocycles. The minimum absolute atomic E-state index is 0.0393. The second-order valence-corrected chi connectivity index (χ2v) is 6.63. The molecule has 5 heteroatoms. The van der Waals surface area contributed by atoms with E-state index in [0.29, 0.717) is 12.2 Å². The van der Waals surface area contributed by atoms with Gasteiger partial charge in [-0.25, -0.2) is 0 Å². The fourth-order valence-corrected chi connectivity index (χ4v) is 3.34. The summed E-state index contributed by atoms with van der Waals surface area (Å²) < 4.78 is 0. The predicted octanol–water partition coefficient (Wildman–Crippen LogP) is 3.39. The van der Waals surface area contributed by atoms with E-state index < -0.39 is 11.8 Å². The number of likely N-dealkylation sites (tertiary alicyclic amines) is 1. The molecule has 1 saturated heterocycles. The summed E-state index contributed by atoms with van der Waals surface area (Å²) in [6.07, 6.45) is 6.12. The number of rotatable bonds is 2. The fraction of sp³-hybridized carbons (Fsp3) is 0.350. The number of pyridine rings is 1. The number of carbonyl (C=O) groups is 2. The van der Waals surface area contributed by atoms with E-state index >= 15 is 0 Å². The van der Waals surface area contributed by atoms with E-state index in [1.165, 1.54) is 0 Å². The van der Waals surface area contributed by atoms with Crippen molar-refractivity contribution in [1.29, 1.82) is 0 Å². The van der Waals surface area contributed by atoms with Gasteiger partial charge in [-0.1, -0.05) is 29.8 Å². The smallest absolute Gasteiger partial charge is 0.313 e. The highest BCUT2D eigenvalue weighted by molar-refractivity contribution is 6.39. The van der Waals surface area contributed by atoms with Gasteiger partial charge in [-0.3, -0.25) is 14.6 Å². The number of hydrogen-bond donors (Lipinski definition) is 1. The van der Waals surface area contributed by atoms with Crippen LogP contribution in [0, 0.1) is 13.8 Å². The third-order valence-corrected chi connectivity index (χ3v) is 4.52. The summed E-state index contributed by atoms with van der Waals surface area (Å²) in [6.45, 7) is 4.54. The Morgan fingerprint density at radius 2 is 1.96 bits per heavy atom. The zero-order valence-electron chi connectivity index (χ0n) is 14.7. The summed E-state index contributed by atoms with van der Waals surface area (Å²) in [7, 11) is 0. The number of anilines is 1. The van der Waals surface area contributed by atoms with Gasteiger partial charge in [0.2, 0.25) is 0 Å². The number of aryl methyl sites for hydroxylation is 2. The average Bonchev–Trinajstić information content (AvgIpc) is 2.61. The Bertz CT molecular complexity index is 788. The summed E-state index contributed by atoms with van der Waals surface area (Å²) in [6, 6.07) is 9.93. The van der Waals surface area contributed by atoms with Crippen molar-refractivity contribution < 1.29 is 9.59 Å². The maximum atomic E-state index is 12.7. The number of piperidine rings is 1. The van der Waals surface area contributed by atoms with E-state index in [1.807, 2.05) is 32.0 Å². The first kappa shape index (κ1) is 17.1. The van der Waals surface area contributed by atoms with Crippen molar-refractivity contribution in [2.75, 3.05) is 11.9 Å². The third-order valence-electron chi connectivity index (χ3n) is 4.52. The number of nitrogens with zero attached hydrogens (tertiary/aromatic N) is 2. The SMILES string of the molecule is Cc1cncc(NC(=O)C(=O)N2CCCC[C@H]2c2cccc(C)c2)c1. The van der Waals surface area contributed by atoms with Crippen LogP contribution in [0.1, 0.15) is 42.0 Å². The van der Waals surface area contributed by atoms with E-state index in [4.69, 9.17) is 0 Å². The molecule has 3 rings (SSSR count). The van der Waals surface area contributed by atoms with Crippen LogP contribution in [-0.2, 0) is 9.59 Å². The summed E-state index contributed by atoms with van der Waals surface area (Å²) in [5.41, 5.74) is 3.73. The van der Waals surface area contributed by atoms with E-state index in [9.17, 15) is 9.59 Å². The zero-order chi connectivity index (χ0) is 17.8. The zero-order valence-corrected chi connectivity index (χ0v) is 14.7. The molecule has 5 nitrogen and oxygen atoms in total. The molecule has 1 N–H and O–H groups in total. The number of amides is 2. The number of aromatic nitrogens is 1. The number of hydrogen-bond acceptors (Lipinski definition) is 3. The molecule has 1 fully saturated rings. The number of benzene rings is 1. The average molecular weight is 337 g/mol. The Hall–Kier alpha value is -2.69. The van der Waals surface area contributed by atoms with Crippen molar-refractivity contribution >= 4 is 17.5 Å². The van der Waals surface area contributed by atoms with Crippen LogP contribution in [0.5, 0.6) is 0 Å². The molecule has 25 heavy (non-hydrogen) atoms. The third kappa shape index (κ3) is 4.05. The Morgan fingerprint density at radius 1 is 1.12 bits per heavy atom. The van der Waals surface area contributed by atoms with Gasteiger partial charge in [0, 0.05) is 12.7 Å². The summed E-state index contributed by atoms with van der Waals surface area (Å²) in [4.78, 5) is 30.9. The Labute approximate surface area is 148 Å². The van der Waals surface area contributed by atoms with Crippen LogP contribution >= 0.6 is 0 Å². The van der Waals surface area contributed by atoms with Gasteiger partial charge in [0.1, 0.15) is 0 Å². The lowest BCUT2D eigenvalue weighted by Crippen LogP contribution is -2.44. The molecule has 1 aliphatic rings. The van der Waals surface area contributed by atoms with Crippen molar-refractivity contribution in [3.05, 3.63) is 59.4 Å². The highest BCUT2D eigenvalue weighted by atomic mass is 16.2. The van der Waals surface area contributed by atoms with Gasteiger partial charge in [0.25, 0.3) is 0 Å². The van der Waals surface area contributed by atoms with E-state index in [2.05, 4.69) is 16.4 Å². The largest absolute Gasteiger partial charge is 0.327 e. The Kier molecular flexibility index (Phi) is 5.12. The molecule has 2 amide bonds. The molecule has 1 atom stereocenters. The normalized spacial score (nSPS) is 17.2. The molecule has 0 radical (unpaired) electrons. The van der Waals surface area contributed by atoms with Crippen molar-refractivity contribution in [3.8, 4) is 0 Å². The van der Waals surface area contributed by atoms with Crippen LogP contribution in [0.2, 0.25) is 0 Å². The summed E-state index contributed by atoms with van der Waals surface area (Å²) >= 11 is 0. The molecule has 0 unspecified atom stereocenters. The van der Waals surface area contributed by atoms with Crippen molar-refractivity contribution in [2.45, 2.75) is 39.2 Å². The topological polar surface area (TPSA) is 62.3 Å². The maximum absolute atomic E-state index is 12.7. The second-order valence-electron chi connectivity index (χ2n) is 6.63. The minimum Gasteiger partial charge on any atom is -0.327 e. The van der Waals surface area contributed by atoms with Crippen molar-refractivity contribution in [3.63, 3.8) is 0 Å². The van der Waals surface area contributed by atoms with Crippen LogP contribution in [0.4, 0.5) is 5.69 Å². The molecule has 0 spiro atoms. The van der Waals surface area contributed by atoms with Gasteiger partial charge < -0.3 is 10.2 Å². The van der Waals surface area contributed by atoms with Crippen molar-refractivity contribution in [2.24, 2.45) is 0 Å². The first-order valence-electron chi connectivity index (χ1n) is 8.65. The van der Waals surface area contributed by atoms with Gasteiger partial charge >= 0.3 is 11.8 Å². The molecule has 1 aromatic carbocycles. The highest BCUT2D eigenvalue weighted by Gasteiger charge is 2.31. The van der Waals surface area contributed by atoms with Gasteiger partial charge in [-0.05, 0) is 50.3 Å². The molecule has 1 aromatic heterocycles. The fourth-order valence-electron chi connectivity index (χ4n) is 3.34. The molecule has 0 saturated carbocycles. The minimum atomic E-state index is -0.605. The monoisotopic (exact) mass is 337 g/mol. The number of carbonyl (C=O) groups excluding carboxylic acids is 2. The highest BCUT2D eigenvalue weighted by Crippen LogP contribution is 2.31. The van der Waals surface area contributed by atoms with Gasteiger partial charge in [-0.2, -0.15) is 0 Å². The Balaban J connectivity index is 1.77. The molecule has 0 bridgehead atoms. The Morgan fingerprint density at radius 3 is 2.72 bits per heavy atom. The first-order chi connectivity index (χ1) is 12.0. The van der Waals surface area contributed by atoms with Gasteiger partial charge in [0.05, 0.1) is 17.9 Å². The van der Waals surface area contributed by atoms with Crippen LogP contribution < -0.4 is 5.32 Å². The summed E-state index contributed by atoms with van der Waals surface area (Å²) in [5.74, 6) is -1.08. The quantitative estimate of drug-likeness (QED) is 0.855. The first-order valence-corrected chi connectivity index (χ1v) is 8.65. The van der Waals surface area contributed by atoms with Crippen LogP contribution in [-0.4, -0.2) is 28.2 Å². The van der Waals surface area contributed by atoms with Crippen molar-refractivity contribution in [1.82, 2.24) is 9.88 Å². The predicted molar refractivity (Wildman–Crippen MR) is 97.1 cm³/mol. The molecule has 2 aromatic rings. The molecule has 0 aliphatic carbocycles. The molecule has 130 valence electrons. The molecular weight excluding hydrogens is 314 g/mol. The lowest BCUT2D eigenvalue weighted by molar-refractivity contribution is -0.145. The molecule has 1 aliphatic heterocycles. The maximum Gasteiger partial charge on any atom is 0.313 e. The lowest BCUT2D eigenvalue weighted by Gasteiger charge is -2.35. The van der Waals surface area contributed by atoms with Crippen LogP contribution in [0.3, 0.4) is 0 Å². The van der Waals surface area contributed by atoms with Gasteiger partial charge in [0.15, 0.2) is 0 Å². The summed E-state index contributed by atoms with van der Waals surface area (Å²) in [5, 5.41) is 2.67. The second kappa shape index (κ2) is 7.47. The van der Waals surface area contributed by atoms with Crippen LogP contribution in [0.25, 0.3) is 0 Å². The van der Waals surface area contributed by atoms with E-state index in [1.54, 1.807) is 23.4 Å². The van der Waals surface area contributed by atoms with E-state index in [-0.39, 0.29) is 6.04 Å². The van der Waals surface area contributed by atoms with E-state index in [0.717, 1.165) is 36.0 Å².